The van der Waals surface area contributed by atoms with Crippen LogP contribution in [0.3, 0.4) is 0 Å². The predicted molar refractivity (Wildman–Crippen MR) is 85.8 cm³/mol. The van der Waals surface area contributed by atoms with Gasteiger partial charge in [0, 0.05) is 0 Å². The van der Waals surface area contributed by atoms with Crippen LogP contribution in [0.1, 0.15) is 10.6 Å². The number of benzene rings is 1. The van der Waals surface area contributed by atoms with Crippen LogP contribution in [0, 0.1) is 18.2 Å². The standard InChI is InChI=1S/C16H11FN4OS/c1-2-9-18-16(22)14-19-15(13-4-3-10-23-13)21(20-14)12-7-5-11(17)6-8-12/h1,3-8,10H,9H2,(H,18,22). The molecule has 0 unspecified atom stereocenters. The van der Waals surface area contributed by atoms with Crippen LogP contribution in [0.2, 0.25) is 0 Å². The molecule has 0 fully saturated rings. The summed E-state index contributed by atoms with van der Waals surface area (Å²) in [6.07, 6.45) is 5.13. The number of rotatable bonds is 4. The quantitative estimate of drug-likeness (QED) is 0.750. The Morgan fingerprint density at radius 2 is 2.13 bits per heavy atom. The Morgan fingerprint density at radius 1 is 1.35 bits per heavy atom. The maximum absolute atomic E-state index is 13.1. The van der Waals surface area contributed by atoms with Crippen molar-refractivity contribution in [3.8, 4) is 28.7 Å². The number of amides is 1. The fraction of sp³-hybridized carbons (Fsp3) is 0.0625. The molecule has 3 aromatic rings. The molecule has 0 atom stereocenters. The van der Waals surface area contributed by atoms with Crippen LogP contribution in [-0.2, 0) is 0 Å². The van der Waals surface area contributed by atoms with Gasteiger partial charge in [0.1, 0.15) is 5.82 Å². The van der Waals surface area contributed by atoms with Crippen molar-refractivity contribution < 1.29 is 9.18 Å². The van der Waals surface area contributed by atoms with Crippen LogP contribution in [0.4, 0.5) is 4.39 Å². The zero-order valence-electron chi connectivity index (χ0n) is 11.9. The third-order valence-electron chi connectivity index (χ3n) is 2.97. The summed E-state index contributed by atoms with van der Waals surface area (Å²) in [6.45, 7) is 0.0955. The highest BCUT2D eigenvalue weighted by Gasteiger charge is 2.18. The maximum Gasteiger partial charge on any atom is 0.291 e. The van der Waals surface area contributed by atoms with Gasteiger partial charge in [-0.05, 0) is 35.7 Å². The molecule has 0 saturated heterocycles. The molecule has 0 saturated carbocycles. The molecule has 5 nitrogen and oxygen atoms in total. The topological polar surface area (TPSA) is 59.8 Å². The molecule has 0 aliphatic carbocycles. The molecule has 2 heterocycles. The van der Waals surface area contributed by atoms with E-state index in [4.69, 9.17) is 6.42 Å². The molecule has 1 aromatic carbocycles. The molecular weight excluding hydrogens is 315 g/mol. The summed E-state index contributed by atoms with van der Waals surface area (Å²) in [7, 11) is 0. The summed E-state index contributed by atoms with van der Waals surface area (Å²) in [4.78, 5) is 17.2. The summed E-state index contributed by atoms with van der Waals surface area (Å²) >= 11 is 1.47. The second-order valence-electron chi connectivity index (χ2n) is 4.51. The lowest BCUT2D eigenvalue weighted by Crippen LogP contribution is -2.24. The van der Waals surface area contributed by atoms with E-state index in [2.05, 4.69) is 21.3 Å². The number of nitrogens with zero attached hydrogens (tertiary/aromatic N) is 3. The predicted octanol–water partition coefficient (Wildman–Crippen LogP) is 2.50. The lowest BCUT2D eigenvalue weighted by molar-refractivity contribution is 0.0948. The highest BCUT2D eigenvalue weighted by molar-refractivity contribution is 7.13. The van der Waals surface area contributed by atoms with Crippen LogP contribution >= 0.6 is 11.3 Å². The van der Waals surface area contributed by atoms with Crippen molar-refractivity contribution in [3.05, 3.63) is 53.4 Å². The molecule has 0 bridgehead atoms. The van der Waals surface area contributed by atoms with E-state index in [-0.39, 0.29) is 18.2 Å². The number of aromatic nitrogens is 3. The van der Waals surface area contributed by atoms with Crippen molar-refractivity contribution in [2.24, 2.45) is 0 Å². The van der Waals surface area contributed by atoms with Crippen LogP contribution in [-0.4, -0.2) is 27.2 Å². The lowest BCUT2D eigenvalue weighted by Gasteiger charge is -2.03. The molecule has 0 aliphatic heterocycles. The van der Waals surface area contributed by atoms with E-state index in [1.807, 2.05) is 17.5 Å². The Morgan fingerprint density at radius 3 is 2.78 bits per heavy atom. The van der Waals surface area contributed by atoms with E-state index in [9.17, 15) is 9.18 Å². The number of hydrogen-bond donors (Lipinski definition) is 1. The van der Waals surface area contributed by atoms with Gasteiger partial charge < -0.3 is 5.32 Å². The fourth-order valence-electron chi connectivity index (χ4n) is 1.95. The van der Waals surface area contributed by atoms with Crippen molar-refractivity contribution in [1.82, 2.24) is 20.1 Å². The third kappa shape index (κ3) is 3.12. The van der Waals surface area contributed by atoms with E-state index >= 15 is 0 Å². The monoisotopic (exact) mass is 326 g/mol. The first-order valence-corrected chi connectivity index (χ1v) is 7.55. The summed E-state index contributed by atoms with van der Waals surface area (Å²) in [5.41, 5.74) is 0.610. The minimum Gasteiger partial charge on any atom is -0.338 e. The molecule has 3 rings (SSSR count). The third-order valence-corrected chi connectivity index (χ3v) is 3.84. The summed E-state index contributed by atoms with van der Waals surface area (Å²) in [5.74, 6) is 2.03. The first kappa shape index (κ1) is 14.9. The SMILES string of the molecule is C#CCNC(=O)c1nc(-c2cccs2)n(-c2ccc(F)cc2)n1. The molecule has 0 aliphatic rings. The Labute approximate surface area is 135 Å². The largest absolute Gasteiger partial charge is 0.338 e. The number of carbonyl (C=O) groups is 1. The van der Waals surface area contributed by atoms with Gasteiger partial charge in [0.05, 0.1) is 17.1 Å². The van der Waals surface area contributed by atoms with Crippen molar-refractivity contribution in [2.75, 3.05) is 6.54 Å². The van der Waals surface area contributed by atoms with E-state index in [1.54, 1.807) is 12.1 Å². The van der Waals surface area contributed by atoms with Gasteiger partial charge in [0.2, 0.25) is 5.82 Å². The second-order valence-corrected chi connectivity index (χ2v) is 5.46. The molecule has 0 spiro atoms. The number of hydrogen-bond acceptors (Lipinski definition) is 4. The maximum atomic E-state index is 13.1. The lowest BCUT2D eigenvalue weighted by atomic mass is 10.3. The molecular formula is C16H11FN4OS. The number of carbonyl (C=O) groups excluding carboxylic acids is 1. The van der Waals surface area contributed by atoms with E-state index < -0.39 is 5.91 Å². The van der Waals surface area contributed by atoms with Gasteiger partial charge in [-0.2, -0.15) is 0 Å². The molecule has 1 N–H and O–H groups in total. The van der Waals surface area contributed by atoms with Crippen LogP contribution < -0.4 is 5.32 Å². The fourth-order valence-corrected chi connectivity index (χ4v) is 2.64. The first-order chi connectivity index (χ1) is 11.2. The second kappa shape index (κ2) is 6.42. The molecule has 114 valence electrons. The Balaban J connectivity index is 2.06. The average Bonchev–Trinajstić information content (AvgIpc) is 3.22. The van der Waals surface area contributed by atoms with Gasteiger partial charge in [-0.15, -0.1) is 22.9 Å². The van der Waals surface area contributed by atoms with Crippen LogP contribution in [0.5, 0.6) is 0 Å². The molecule has 0 radical (unpaired) electrons. The summed E-state index contributed by atoms with van der Waals surface area (Å²) in [6, 6.07) is 9.55. The minimum atomic E-state index is -0.457. The molecule has 1 amide bonds. The van der Waals surface area contributed by atoms with Gasteiger partial charge in [-0.25, -0.2) is 14.1 Å². The summed E-state index contributed by atoms with van der Waals surface area (Å²) < 4.78 is 14.6. The van der Waals surface area contributed by atoms with Crippen LogP contribution in [0.15, 0.2) is 41.8 Å². The minimum absolute atomic E-state index is 0.00738. The Kier molecular flexibility index (Phi) is 4.17. The highest BCUT2D eigenvalue weighted by Crippen LogP contribution is 2.25. The highest BCUT2D eigenvalue weighted by atomic mass is 32.1. The van der Waals surface area contributed by atoms with Crippen molar-refractivity contribution in [1.29, 1.82) is 0 Å². The van der Waals surface area contributed by atoms with Gasteiger partial charge in [0.15, 0.2) is 5.82 Å². The van der Waals surface area contributed by atoms with E-state index in [0.717, 1.165) is 4.88 Å². The van der Waals surface area contributed by atoms with Gasteiger partial charge >= 0.3 is 0 Å². The van der Waals surface area contributed by atoms with E-state index in [1.165, 1.54) is 28.2 Å². The number of terminal acetylenes is 1. The average molecular weight is 326 g/mol. The Hall–Kier alpha value is -2.98. The summed E-state index contributed by atoms with van der Waals surface area (Å²) in [5, 5.41) is 8.65. The van der Waals surface area contributed by atoms with Gasteiger partial charge in [0.25, 0.3) is 5.91 Å². The number of nitrogens with one attached hydrogen (secondary N) is 1. The number of halogens is 1. The van der Waals surface area contributed by atoms with E-state index in [0.29, 0.717) is 11.5 Å². The Bertz CT molecular complexity index is 863. The van der Waals surface area contributed by atoms with Gasteiger partial charge in [-0.3, -0.25) is 4.79 Å². The zero-order chi connectivity index (χ0) is 16.2. The normalized spacial score (nSPS) is 10.3. The number of thiophene rings is 1. The zero-order valence-corrected chi connectivity index (χ0v) is 12.7. The molecule has 2 aromatic heterocycles. The van der Waals surface area contributed by atoms with Crippen molar-refractivity contribution in [3.63, 3.8) is 0 Å². The molecule has 23 heavy (non-hydrogen) atoms. The smallest absolute Gasteiger partial charge is 0.291 e. The van der Waals surface area contributed by atoms with Gasteiger partial charge in [-0.1, -0.05) is 12.0 Å². The van der Waals surface area contributed by atoms with Crippen molar-refractivity contribution in [2.45, 2.75) is 0 Å². The van der Waals surface area contributed by atoms with Crippen molar-refractivity contribution >= 4 is 17.2 Å². The first-order valence-electron chi connectivity index (χ1n) is 6.67. The van der Waals surface area contributed by atoms with Crippen LogP contribution in [0.25, 0.3) is 16.4 Å². The molecule has 7 heteroatoms.